The molecule has 0 spiro atoms. The maximum Gasteiger partial charge on any atom is 0.230 e. The van der Waals surface area contributed by atoms with Crippen molar-refractivity contribution >= 4 is 5.91 Å². The van der Waals surface area contributed by atoms with Gasteiger partial charge in [-0.05, 0) is 18.4 Å². The molecule has 1 aromatic rings. The van der Waals surface area contributed by atoms with Gasteiger partial charge in [0, 0.05) is 6.54 Å². The van der Waals surface area contributed by atoms with E-state index < -0.39 is 0 Å². The van der Waals surface area contributed by atoms with Gasteiger partial charge >= 0.3 is 0 Å². The molecule has 0 saturated heterocycles. The van der Waals surface area contributed by atoms with Crippen LogP contribution in [0.4, 0.5) is 0 Å². The first kappa shape index (κ1) is 13.1. The topological polar surface area (TPSA) is 58.6 Å². The third-order valence-electron chi connectivity index (χ3n) is 3.28. The van der Waals surface area contributed by atoms with E-state index in [9.17, 15) is 4.79 Å². The number of rotatable bonds is 7. The molecule has 0 aromatic heterocycles. The van der Waals surface area contributed by atoms with Crippen LogP contribution in [0.5, 0.6) is 0 Å². The third kappa shape index (κ3) is 2.89. The summed E-state index contributed by atoms with van der Waals surface area (Å²) in [5.41, 5.74) is 0.789. The third-order valence-corrected chi connectivity index (χ3v) is 3.28. The number of nitrogens with one attached hydrogen (secondary N) is 1. The van der Waals surface area contributed by atoms with Crippen molar-refractivity contribution in [1.82, 2.24) is 5.32 Å². The van der Waals surface area contributed by atoms with Gasteiger partial charge in [0.25, 0.3) is 0 Å². The van der Waals surface area contributed by atoms with Crippen molar-refractivity contribution in [3.63, 3.8) is 0 Å². The van der Waals surface area contributed by atoms with Crippen LogP contribution in [0, 0.1) is 0 Å². The van der Waals surface area contributed by atoms with E-state index in [2.05, 4.69) is 5.32 Å². The first-order valence-corrected chi connectivity index (χ1v) is 6.32. The maximum atomic E-state index is 12.1. The number of carbonyl (C=O) groups is 1. The van der Waals surface area contributed by atoms with Crippen LogP contribution in [0.2, 0.25) is 0 Å². The smallest absolute Gasteiger partial charge is 0.230 e. The summed E-state index contributed by atoms with van der Waals surface area (Å²) < 4.78 is 5.11. The molecule has 1 aromatic carbocycles. The number of carbonyl (C=O) groups excluding carboxylic acids is 1. The average molecular weight is 249 g/mol. The lowest BCUT2D eigenvalue weighted by Gasteiger charge is -2.15. The molecule has 1 fully saturated rings. The molecule has 1 amide bonds. The van der Waals surface area contributed by atoms with Crippen LogP contribution >= 0.6 is 0 Å². The molecule has 4 heteroatoms. The number of amides is 1. The lowest BCUT2D eigenvalue weighted by atomic mass is 9.95. The fraction of sp³-hybridized carbons (Fsp3) is 0.500. The van der Waals surface area contributed by atoms with Crippen LogP contribution in [-0.2, 0) is 14.9 Å². The Morgan fingerprint density at radius 3 is 2.61 bits per heavy atom. The van der Waals surface area contributed by atoms with Gasteiger partial charge in [-0.2, -0.15) is 0 Å². The Labute approximate surface area is 107 Å². The molecule has 0 radical (unpaired) electrons. The highest BCUT2D eigenvalue weighted by molar-refractivity contribution is 5.91. The van der Waals surface area contributed by atoms with Crippen molar-refractivity contribution in [2.75, 3.05) is 26.4 Å². The second-order valence-electron chi connectivity index (χ2n) is 4.54. The molecule has 98 valence electrons. The van der Waals surface area contributed by atoms with Crippen molar-refractivity contribution in [2.24, 2.45) is 0 Å². The molecule has 1 aliphatic rings. The van der Waals surface area contributed by atoms with Crippen molar-refractivity contribution in [3.8, 4) is 0 Å². The second kappa shape index (κ2) is 5.98. The number of aliphatic hydroxyl groups excluding tert-OH is 1. The second-order valence-corrected chi connectivity index (χ2v) is 4.54. The quantitative estimate of drug-likeness (QED) is 0.704. The van der Waals surface area contributed by atoms with E-state index in [-0.39, 0.29) is 17.9 Å². The Balaban J connectivity index is 1.82. The van der Waals surface area contributed by atoms with Gasteiger partial charge in [-0.1, -0.05) is 30.3 Å². The van der Waals surface area contributed by atoms with Gasteiger partial charge in [-0.25, -0.2) is 0 Å². The Kier molecular flexibility index (Phi) is 4.33. The standard InChI is InChI=1S/C14H19NO3/c16-9-11-18-10-8-15-13(17)14(6-7-14)12-4-2-1-3-5-12/h1-5,16H,6-11H2,(H,15,17). The van der Waals surface area contributed by atoms with Gasteiger partial charge in [0.2, 0.25) is 5.91 Å². The highest BCUT2D eigenvalue weighted by atomic mass is 16.5. The lowest BCUT2D eigenvalue weighted by Crippen LogP contribution is -2.36. The number of hydrogen-bond donors (Lipinski definition) is 2. The fourth-order valence-corrected chi connectivity index (χ4v) is 2.10. The van der Waals surface area contributed by atoms with Crippen LogP contribution in [0.3, 0.4) is 0 Å². The minimum atomic E-state index is -0.307. The molecule has 0 heterocycles. The zero-order chi connectivity index (χ0) is 12.8. The van der Waals surface area contributed by atoms with E-state index in [1.54, 1.807) is 0 Å². The molecular weight excluding hydrogens is 230 g/mol. The summed E-state index contributed by atoms with van der Waals surface area (Å²) in [6.07, 6.45) is 1.83. The van der Waals surface area contributed by atoms with Gasteiger partial charge < -0.3 is 15.2 Å². The van der Waals surface area contributed by atoms with Gasteiger partial charge in [-0.3, -0.25) is 4.79 Å². The summed E-state index contributed by atoms with van der Waals surface area (Å²) in [6, 6.07) is 9.91. The van der Waals surface area contributed by atoms with E-state index in [1.165, 1.54) is 0 Å². The highest BCUT2D eigenvalue weighted by Crippen LogP contribution is 2.48. The Hall–Kier alpha value is -1.39. The molecule has 2 N–H and O–H groups in total. The van der Waals surface area contributed by atoms with E-state index in [1.807, 2.05) is 30.3 Å². The molecule has 0 aliphatic heterocycles. The Morgan fingerprint density at radius 2 is 2.00 bits per heavy atom. The van der Waals surface area contributed by atoms with Gasteiger partial charge in [0.15, 0.2) is 0 Å². The molecular formula is C14H19NO3. The molecule has 4 nitrogen and oxygen atoms in total. The molecule has 0 bridgehead atoms. The lowest BCUT2D eigenvalue weighted by molar-refractivity contribution is -0.123. The molecule has 1 saturated carbocycles. The van der Waals surface area contributed by atoms with Gasteiger partial charge in [0.05, 0.1) is 25.2 Å². The normalized spacial score (nSPS) is 16.3. The summed E-state index contributed by atoms with van der Waals surface area (Å²) in [7, 11) is 0. The minimum Gasteiger partial charge on any atom is -0.394 e. The Morgan fingerprint density at radius 1 is 1.28 bits per heavy atom. The summed E-state index contributed by atoms with van der Waals surface area (Å²) in [5, 5.41) is 11.4. The van der Waals surface area contributed by atoms with E-state index in [4.69, 9.17) is 9.84 Å². The fourth-order valence-electron chi connectivity index (χ4n) is 2.10. The summed E-state index contributed by atoms with van der Waals surface area (Å²) in [4.78, 5) is 12.1. The number of benzene rings is 1. The van der Waals surface area contributed by atoms with E-state index >= 15 is 0 Å². The maximum absolute atomic E-state index is 12.1. The van der Waals surface area contributed by atoms with Gasteiger partial charge in [0.1, 0.15) is 0 Å². The predicted octanol–water partition coefficient (Wildman–Crippen LogP) is 0.843. The number of ether oxygens (including phenoxy) is 1. The van der Waals surface area contributed by atoms with Crippen LogP contribution in [0.1, 0.15) is 18.4 Å². The molecule has 0 atom stereocenters. The molecule has 2 rings (SSSR count). The first-order valence-electron chi connectivity index (χ1n) is 6.32. The summed E-state index contributed by atoms with van der Waals surface area (Å²) in [5.74, 6) is 0.0845. The van der Waals surface area contributed by atoms with E-state index in [0.717, 1.165) is 18.4 Å². The minimum absolute atomic E-state index is 0.0158. The monoisotopic (exact) mass is 249 g/mol. The first-order chi connectivity index (χ1) is 8.79. The molecule has 1 aliphatic carbocycles. The number of hydrogen-bond acceptors (Lipinski definition) is 3. The largest absolute Gasteiger partial charge is 0.394 e. The Bertz CT molecular complexity index is 387. The average Bonchev–Trinajstić information content (AvgIpc) is 3.21. The van der Waals surface area contributed by atoms with Crippen LogP contribution in [-0.4, -0.2) is 37.4 Å². The number of aliphatic hydroxyl groups is 1. The zero-order valence-electron chi connectivity index (χ0n) is 10.4. The SMILES string of the molecule is O=C(NCCOCCO)C1(c2ccccc2)CC1. The van der Waals surface area contributed by atoms with Crippen molar-refractivity contribution in [2.45, 2.75) is 18.3 Å². The van der Waals surface area contributed by atoms with E-state index in [0.29, 0.717) is 19.8 Å². The molecule has 18 heavy (non-hydrogen) atoms. The van der Waals surface area contributed by atoms with Crippen molar-refractivity contribution < 1.29 is 14.6 Å². The van der Waals surface area contributed by atoms with Crippen LogP contribution in [0.25, 0.3) is 0 Å². The summed E-state index contributed by atoms with van der Waals surface area (Å²) in [6.45, 7) is 1.27. The molecule has 0 unspecified atom stereocenters. The zero-order valence-corrected chi connectivity index (χ0v) is 10.4. The van der Waals surface area contributed by atoms with Crippen LogP contribution < -0.4 is 5.32 Å². The van der Waals surface area contributed by atoms with Crippen molar-refractivity contribution in [1.29, 1.82) is 0 Å². The van der Waals surface area contributed by atoms with Gasteiger partial charge in [-0.15, -0.1) is 0 Å². The summed E-state index contributed by atoms with van der Waals surface area (Å²) >= 11 is 0. The highest BCUT2D eigenvalue weighted by Gasteiger charge is 2.50. The predicted molar refractivity (Wildman–Crippen MR) is 68.3 cm³/mol. The van der Waals surface area contributed by atoms with Crippen LogP contribution in [0.15, 0.2) is 30.3 Å². The van der Waals surface area contributed by atoms with Crippen molar-refractivity contribution in [3.05, 3.63) is 35.9 Å².